The van der Waals surface area contributed by atoms with Crippen molar-refractivity contribution in [2.24, 2.45) is 0 Å². The Balaban J connectivity index is 1.75. The molecule has 186 valence electrons. The van der Waals surface area contributed by atoms with E-state index < -0.39 is 12.8 Å². The van der Waals surface area contributed by atoms with Crippen molar-refractivity contribution in [1.82, 2.24) is 0 Å². The molecule has 0 radical (unpaired) electrons. The fourth-order valence-electron chi connectivity index (χ4n) is 4.55. The molecule has 36 heavy (non-hydrogen) atoms. The van der Waals surface area contributed by atoms with Crippen molar-refractivity contribution in [2.75, 3.05) is 0 Å². The lowest BCUT2D eigenvalue weighted by atomic mass is 10.0. The average Bonchev–Trinajstić information content (AvgIpc) is 3.49. The van der Waals surface area contributed by atoms with Gasteiger partial charge in [-0.25, -0.2) is 0 Å². The third-order valence-electron chi connectivity index (χ3n) is 6.48. The van der Waals surface area contributed by atoms with Crippen molar-refractivity contribution in [3.8, 4) is 0 Å². The van der Waals surface area contributed by atoms with Crippen LogP contribution in [0.25, 0.3) is 0 Å². The Morgan fingerprint density at radius 2 is 1.42 bits per heavy atom. The van der Waals surface area contributed by atoms with E-state index in [-0.39, 0.29) is 17.6 Å². The average molecular weight is 501 g/mol. The summed E-state index contributed by atoms with van der Waals surface area (Å²) in [5.41, 5.74) is 0.258. The Bertz CT molecular complexity index is 1190. The normalized spacial score (nSPS) is 13.2. The summed E-state index contributed by atoms with van der Waals surface area (Å²) in [5.74, 6) is -0.0229. The number of hydrogen-bond acceptors (Lipinski definition) is 4. The maximum absolute atomic E-state index is 15.2. The first kappa shape index (κ1) is 25.9. The molecule has 3 aromatic carbocycles. The van der Waals surface area contributed by atoms with Crippen molar-refractivity contribution in [3.63, 3.8) is 0 Å². The molecule has 1 heterocycles. The fraction of sp³-hybridized carbons (Fsp3) is 0.258. The molecule has 0 unspecified atom stereocenters. The SMILES string of the molecule is CCCC[C@@H](C[C@H](C(=O)c1ccco1)P(=O)(c1ccccc1)c1ccccc1)OCc1ccccc1. The molecule has 0 aliphatic carbocycles. The van der Waals surface area contributed by atoms with Crippen LogP contribution in [-0.4, -0.2) is 17.5 Å². The highest BCUT2D eigenvalue weighted by Gasteiger charge is 2.43. The third kappa shape index (κ3) is 6.13. The molecule has 0 saturated heterocycles. The Morgan fingerprint density at radius 1 is 0.833 bits per heavy atom. The largest absolute Gasteiger partial charge is 0.461 e. The van der Waals surface area contributed by atoms with Crippen LogP contribution >= 0.6 is 7.14 Å². The zero-order valence-electron chi connectivity index (χ0n) is 20.7. The number of hydrogen-bond donors (Lipinski definition) is 0. The van der Waals surface area contributed by atoms with Crippen LogP contribution in [0.15, 0.2) is 114 Å². The highest BCUT2D eigenvalue weighted by Crippen LogP contribution is 2.52. The fourth-order valence-corrected chi connectivity index (χ4v) is 7.79. The topological polar surface area (TPSA) is 56.5 Å². The van der Waals surface area contributed by atoms with Gasteiger partial charge in [0.15, 0.2) is 12.9 Å². The van der Waals surface area contributed by atoms with Crippen molar-refractivity contribution in [3.05, 3.63) is 121 Å². The highest BCUT2D eigenvalue weighted by molar-refractivity contribution is 7.80. The first-order chi connectivity index (χ1) is 17.6. The predicted octanol–water partition coefficient (Wildman–Crippen LogP) is 7.01. The van der Waals surface area contributed by atoms with E-state index in [2.05, 4.69) is 6.92 Å². The summed E-state index contributed by atoms with van der Waals surface area (Å²) in [6.45, 7) is 2.58. The Kier molecular flexibility index (Phi) is 9.11. The van der Waals surface area contributed by atoms with Crippen molar-refractivity contribution < 1.29 is 18.5 Å². The van der Waals surface area contributed by atoms with Crippen molar-refractivity contribution in [1.29, 1.82) is 0 Å². The maximum atomic E-state index is 15.2. The summed E-state index contributed by atoms with van der Waals surface area (Å²) in [5, 5.41) is 1.33. The van der Waals surface area contributed by atoms with Crippen LogP contribution in [0.4, 0.5) is 0 Å². The van der Waals surface area contributed by atoms with Crippen molar-refractivity contribution >= 4 is 23.5 Å². The zero-order valence-corrected chi connectivity index (χ0v) is 21.6. The van der Waals surface area contributed by atoms with Crippen LogP contribution in [0, 0.1) is 0 Å². The molecule has 5 heteroatoms. The number of carbonyl (C=O) groups is 1. The lowest BCUT2D eigenvalue weighted by Gasteiger charge is -2.30. The number of Topliss-reactive ketones (excluding diaryl/α,β-unsaturated/α-hetero) is 1. The summed E-state index contributed by atoms with van der Waals surface area (Å²) in [6, 6.07) is 32.1. The van der Waals surface area contributed by atoms with E-state index in [1.807, 2.05) is 91.0 Å². The molecule has 0 N–H and O–H groups in total. The first-order valence-corrected chi connectivity index (χ1v) is 14.3. The van der Waals surface area contributed by atoms with Crippen LogP contribution in [0.2, 0.25) is 0 Å². The van der Waals surface area contributed by atoms with Gasteiger partial charge in [-0.3, -0.25) is 4.79 Å². The smallest absolute Gasteiger partial charge is 0.209 e. The number of rotatable bonds is 13. The van der Waals surface area contributed by atoms with Gasteiger partial charge in [0.05, 0.1) is 24.6 Å². The minimum Gasteiger partial charge on any atom is -0.461 e. The summed E-state index contributed by atoms with van der Waals surface area (Å²) in [6.07, 6.45) is 4.36. The molecule has 0 spiro atoms. The molecule has 0 amide bonds. The standard InChI is InChI=1S/C31H33O4P/c1-2-3-16-26(35-24-25-14-7-4-8-15-25)23-30(31(32)29-21-13-22-34-29)36(33,27-17-9-5-10-18-27)28-19-11-6-12-20-28/h4-15,17-22,26,30H,2-3,16,23-24H2,1H3/t26-,30+/m0/s1. The Labute approximate surface area is 213 Å². The number of ether oxygens (including phenoxy) is 1. The molecule has 2 atom stereocenters. The number of unbranched alkanes of at least 4 members (excludes halogenated alkanes) is 1. The molecule has 0 aliphatic heterocycles. The van der Waals surface area contributed by atoms with E-state index in [1.54, 1.807) is 12.1 Å². The molecule has 4 nitrogen and oxygen atoms in total. The molecule has 4 rings (SSSR count). The number of ketones is 1. The summed E-state index contributed by atoms with van der Waals surface area (Å²) < 4.78 is 27.1. The summed E-state index contributed by atoms with van der Waals surface area (Å²) in [7, 11) is -3.40. The number of furan rings is 1. The minimum absolute atomic E-state index is 0.226. The van der Waals surface area contributed by atoms with Crippen LogP contribution in [-0.2, 0) is 15.9 Å². The van der Waals surface area contributed by atoms with Crippen LogP contribution in [0.5, 0.6) is 0 Å². The third-order valence-corrected chi connectivity index (χ3v) is 9.93. The molecular formula is C31H33O4P. The first-order valence-electron chi connectivity index (χ1n) is 12.6. The second-order valence-electron chi connectivity index (χ2n) is 8.98. The molecule has 4 aromatic rings. The second kappa shape index (κ2) is 12.7. The monoisotopic (exact) mass is 500 g/mol. The molecule has 1 aromatic heterocycles. The molecule has 0 saturated carbocycles. The Hall–Kier alpha value is -3.20. The van der Waals surface area contributed by atoms with Crippen LogP contribution < -0.4 is 10.6 Å². The molecule has 0 aliphatic rings. The van der Waals surface area contributed by atoms with Gasteiger partial charge < -0.3 is 13.7 Å². The van der Waals surface area contributed by atoms with Gasteiger partial charge in [-0.05, 0) is 30.5 Å². The van der Waals surface area contributed by atoms with Crippen molar-refractivity contribution in [2.45, 2.75) is 51.0 Å². The minimum atomic E-state index is -3.40. The van der Waals surface area contributed by atoms with Gasteiger partial charge in [-0.15, -0.1) is 0 Å². The second-order valence-corrected chi connectivity index (χ2v) is 12.0. The lowest BCUT2D eigenvalue weighted by molar-refractivity contribution is 0.0270. The van der Waals surface area contributed by atoms with E-state index in [4.69, 9.17) is 9.15 Å². The van der Waals surface area contributed by atoms with Gasteiger partial charge in [-0.1, -0.05) is 111 Å². The zero-order chi connectivity index (χ0) is 25.2. The maximum Gasteiger partial charge on any atom is 0.209 e. The van der Waals surface area contributed by atoms with Gasteiger partial charge in [0.2, 0.25) is 5.78 Å². The van der Waals surface area contributed by atoms with E-state index in [9.17, 15) is 4.79 Å². The summed E-state index contributed by atoms with van der Waals surface area (Å²) in [4.78, 5) is 14.0. The molecule has 0 bridgehead atoms. The van der Waals surface area contributed by atoms with Crippen LogP contribution in [0.1, 0.15) is 48.7 Å². The predicted molar refractivity (Wildman–Crippen MR) is 146 cm³/mol. The lowest BCUT2D eigenvalue weighted by Crippen LogP contribution is -2.35. The summed E-state index contributed by atoms with van der Waals surface area (Å²) >= 11 is 0. The van der Waals surface area contributed by atoms with Gasteiger partial charge in [0.25, 0.3) is 0 Å². The quantitative estimate of drug-likeness (QED) is 0.146. The highest BCUT2D eigenvalue weighted by atomic mass is 31.2. The number of carbonyl (C=O) groups excluding carboxylic acids is 1. The molecular weight excluding hydrogens is 467 g/mol. The molecule has 0 fully saturated rings. The van der Waals surface area contributed by atoms with E-state index in [1.165, 1.54) is 6.26 Å². The van der Waals surface area contributed by atoms with Gasteiger partial charge in [0.1, 0.15) is 0 Å². The van der Waals surface area contributed by atoms with Gasteiger partial charge >= 0.3 is 0 Å². The van der Waals surface area contributed by atoms with E-state index in [0.717, 1.165) is 24.8 Å². The Morgan fingerprint density at radius 3 is 1.94 bits per heavy atom. The van der Waals surface area contributed by atoms with E-state index in [0.29, 0.717) is 23.6 Å². The number of benzene rings is 3. The van der Waals surface area contributed by atoms with E-state index >= 15 is 4.57 Å². The van der Waals surface area contributed by atoms with Gasteiger partial charge in [-0.2, -0.15) is 0 Å². The van der Waals surface area contributed by atoms with Gasteiger partial charge in [0, 0.05) is 10.6 Å². The van der Waals surface area contributed by atoms with Crippen LogP contribution in [0.3, 0.4) is 0 Å².